The Hall–Kier alpha value is -2.47. The van der Waals surface area contributed by atoms with Crippen molar-refractivity contribution in [2.75, 3.05) is 12.1 Å². The molecule has 1 aromatic carbocycles. The fraction of sp³-hybridized carbons (Fsp3) is 0.143. The number of halogens is 1. The molecule has 1 N–H and O–H groups in total. The van der Waals surface area contributed by atoms with Crippen molar-refractivity contribution >= 4 is 23.2 Å². The van der Waals surface area contributed by atoms with Crippen molar-refractivity contribution in [3.05, 3.63) is 47.1 Å². The highest BCUT2D eigenvalue weighted by atomic mass is 35.5. The van der Waals surface area contributed by atoms with E-state index in [1.807, 2.05) is 24.3 Å². The predicted octanol–water partition coefficient (Wildman–Crippen LogP) is 2.72. The first kappa shape index (κ1) is 12.3. The largest absolute Gasteiger partial charge is 0.454 e. The second-order valence-electron chi connectivity index (χ2n) is 4.63. The van der Waals surface area contributed by atoms with Gasteiger partial charge in [-0.25, -0.2) is 4.52 Å². The van der Waals surface area contributed by atoms with E-state index in [2.05, 4.69) is 15.4 Å². The van der Waals surface area contributed by atoms with Gasteiger partial charge in [0.25, 0.3) is 0 Å². The third kappa shape index (κ3) is 2.34. The summed E-state index contributed by atoms with van der Waals surface area (Å²) in [6.07, 6.45) is 1.72. The second-order valence-corrected chi connectivity index (χ2v) is 5.06. The summed E-state index contributed by atoms with van der Waals surface area (Å²) >= 11 is 5.92. The predicted molar refractivity (Wildman–Crippen MR) is 77.9 cm³/mol. The van der Waals surface area contributed by atoms with E-state index in [0.717, 1.165) is 22.7 Å². The SMILES string of the molecule is Clc1ccc2nc(NCc3ccc4c(c3)OCO4)nn2c1. The molecule has 0 fully saturated rings. The van der Waals surface area contributed by atoms with Crippen LogP contribution in [0.2, 0.25) is 5.02 Å². The summed E-state index contributed by atoms with van der Waals surface area (Å²) in [6.45, 7) is 0.877. The first-order valence-electron chi connectivity index (χ1n) is 6.42. The Bertz CT molecular complexity index is 818. The summed E-state index contributed by atoms with van der Waals surface area (Å²) < 4.78 is 12.3. The normalized spacial score (nSPS) is 12.8. The molecule has 3 heterocycles. The number of rotatable bonds is 3. The highest BCUT2D eigenvalue weighted by molar-refractivity contribution is 6.30. The zero-order valence-corrected chi connectivity index (χ0v) is 11.7. The number of nitrogens with zero attached hydrogens (tertiary/aromatic N) is 3. The monoisotopic (exact) mass is 302 g/mol. The summed E-state index contributed by atoms with van der Waals surface area (Å²) in [5.74, 6) is 2.10. The molecule has 0 atom stereocenters. The lowest BCUT2D eigenvalue weighted by Crippen LogP contribution is -2.01. The van der Waals surface area contributed by atoms with Gasteiger partial charge in [0, 0.05) is 12.7 Å². The smallest absolute Gasteiger partial charge is 0.243 e. The zero-order valence-electron chi connectivity index (χ0n) is 10.9. The molecule has 0 unspecified atom stereocenters. The molecule has 0 bridgehead atoms. The van der Waals surface area contributed by atoms with E-state index in [0.29, 0.717) is 17.5 Å². The molecule has 1 aliphatic rings. The van der Waals surface area contributed by atoms with Crippen molar-refractivity contribution in [3.8, 4) is 11.5 Å². The second kappa shape index (κ2) is 4.82. The number of fused-ring (bicyclic) bond motifs is 2. The van der Waals surface area contributed by atoms with Gasteiger partial charge in [0.15, 0.2) is 17.1 Å². The lowest BCUT2D eigenvalue weighted by molar-refractivity contribution is 0.174. The molecule has 6 nitrogen and oxygen atoms in total. The maximum atomic E-state index is 5.92. The van der Waals surface area contributed by atoms with Crippen molar-refractivity contribution < 1.29 is 9.47 Å². The van der Waals surface area contributed by atoms with Crippen LogP contribution < -0.4 is 14.8 Å². The van der Waals surface area contributed by atoms with Gasteiger partial charge in [-0.2, -0.15) is 4.98 Å². The van der Waals surface area contributed by atoms with Crippen molar-refractivity contribution in [2.24, 2.45) is 0 Å². The number of pyridine rings is 1. The van der Waals surface area contributed by atoms with Crippen LogP contribution >= 0.6 is 11.6 Å². The Balaban J connectivity index is 1.52. The van der Waals surface area contributed by atoms with Gasteiger partial charge in [0.1, 0.15) is 0 Å². The molecule has 0 amide bonds. The summed E-state index contributed by atoms with van der Waals surface area (Å²) in [5.41, 5.74) is 1.81. The number of nitrogens with one attached hydrogen (secondary N) is 1. The molecule has 106 valence electrons. The molecule has 0 saturated heterocycles. The molecule has 1 aliphatic heterocycles. The maximum Gasteiger partial charge on any atom is 0.243 e. The van der Waals surface area contributed by atoms with E-state index in [9.17, 15) is 0 Å². The van der Waals surface area contributed by atoms with Gasteiger partial charge in [0.05, 0.1) is 5.02 Å². The minimum absolute atomic E-state index is 0.279. The van der Waals surface area contributed by atoms with E-state index in [1.54, 1.807) is 16.8 Å². The highest BCUT2D eigenvalue weighted by Gasteiger charge is 2.13. The molecule has 4 rings (SSSR count). The number of hydrogen-bond donors (Lipinski definition) is 1. The minimum atomic E-state index is 0.279. The van der Waals surface area contributed by atoms with Crippen molar-refractivity contribution in [1.29, 1.82) is 0 Å². The third-order valence-corrected chi connectivity index (χ3v) is 3.41. The number of aromatic nitrogens is 3. The number of ether oxygens (including phenoxy) is 2. The molecule has 7 heteroatoms. The summed E-state index contributed by atoms with van der Waals surface area (Å²) in [7, 11) is 0. The Morgan fingerprint density at radius 2 is 2.10 bits per heavy atom. The van der Waals surface area contributed by atoms with Crippen LogP contribution in [0.1, 0.15) is 5.56 Å². The van der Waals surface area contributed by atoms with Crippen LogP contribution in [0.4, 0.5) is 5.95 Å². The Morgan fingerprint density at radius 1 is 1.19 bits per heavy atom. The fourth-order valence-electron chi connectivity index (χ4n) is 2.16. The van der Waals surface area contributed by atoms with Gasteiger partial charge in [-0.1, -0.05) is 17.7 Å². The van der Waals surface area contributed by atoms with Gasteiger partial charge in [0.2, 0.25) is 12.7 Å². The Morgan fingerprint density at radius 3 is 3.05 bits per heavy atom. The topological polar surface area (TPSA) is 60.7 Å². The first-order chi connectivity index (χ1) is 10.3. The van der Waals surface area contributed by atoms with E-state index < -0.39 is 0 Å². The van der Waals surface area contributed by atoms with Crippen LogP contribution in [0.25, 0.3) is 5.65 Å². The van der Waals surface area contributed by atoms with Gasteiger partial charge in [-0.3, -0.25) is 0 Å². The van der Waals surface area contributed by atoms with Gasteiger partial charge in [-0.05, 0) is 29.8 Å². The standard InChI is InChI=1S/C14H11ClN4O2/c15-10-2-4-13-17-14(18-19(13)7-10)16-6-9-1-3-11-12(5-9)21-8-20-11/h1-5,7H,6,8H2,(H,16,18). The average molecular weight is 303 g/mol. The zero-order chi connectivity index (χ0) is 14.2. The molecular weight excluding hydrogens is 292 g/mol. The number of anilines is 1. The summed E-state index contributed by atoms with van der Waals surface area (Å²) in [4.78, 5) is 4.37. The van der Waals surface area contributed by atoms with Crippen LogP contribution in [0.3, 0.4) is 0 Å². The van der Waals surface area contributed by atoms with Crippen LogP contribution in [0, 0.1) is 0 Å². The van der Waals surface area contributed by atoms with Crippen LogP contribution in [-0.4, -0.2) is 21.4 Å². The lowest BCUT2D eigenvalue weighted by Gasteiger charge is -2.03. The quantitative estimate of drug-likeness (QED) is 0.806. The van der Waals surface area contributed by atoms with Crippen LogP contribution in [0.5, 0.6) is 11.5 Å². The molecule has 0 saturated carbocycles. The van der Waals surface area contributed by atoms with Crippen LogP contribution in [0.15, 0.2) is 36.5 Å². The molecule has 3 aromatic rings. The van der Waals surface area contributed by atoms with E-state index in [-0.39, 0.29) is 6.79 Å². The highest BCUT2D eigenvalue weighted by Crippen LogP contribution is 2.32. The van der Waals surface area contributed by atoms with Crippen molar-refractivity contribution in [2.45, 2.75) is 6.54 Å². The number of hydrogen-bond acceptors (Lipinski definition) is 5. The number of benzene rings is 1. The molecular formula is C14H11ClN4O2. The third-order valence-electron chi connectivity index (χ3n) is 3.18. The van der Waals surface area contributed by atoms with Crippen LogP contribution in [-0.2, 0) is 6.54 Å². The minimum Gasteiger partial charge on any atom is -0.454 e. The fourth-order valence-corrected chi connectivity index (χ4v) is 2.32. The van der Waals surface area contributed by atoms with Gasteiger partial charge < -0.3 is 14.8 Å². The first-order valence-corrected chi connectivity index (χ1v) is 6.80. The molecule has 2 aromatic heterocycles. The average Bonchev–Trinajstić information content (AvgIpc) is 3.09. The van der Waals surface area contributed by atoms with E-state index >= 15 is 0 Å². The summed E-state index contributed by atoms with van der Waals surface area (Å²) in [5, 5.41) is 8.11. The maximum absolute atomic E-state index is 5.92. The Kier molecular flexibility index (Phi) is 2.82. The lowest BCUT2D eigenvalue weighted by atomic mass is 10.2. The van der Waals surface area contributed by atoms with Gasteiger partial charge in [-0.15, -0.1) is 5.10 Å². The molecule has 21 heavy (non-hydrogen) atoms. The van der Waals surface area contributed by atoms with Crippen molar-refractivity contribution in [1.82, 2.24) is 14.6 Å². The molecule has 0 spiro atoms. The summed E-state index contributed by atoms with van der Waals surface area (Å²) in [6, 6.07) is 9.43. The molecule has 0 aliphatic carbocycles. The Labute approximate surface area is 125 Å². The van der Waals surface area contributed by atoms with E-state index in [1.165, 1.54) is 0 Å². The molecule has 0 radical (unpaired) electrons. The van der Waals surface area contributed by atoms with E-state index in [4.69, 9.17) is 21.1 Å². The van der Waals surface area contributed by atoms with Crippen molar-refractivity contribution in [3.63, 3.8) is 0 Å². The van der Waals surface area contributed by atoms with Gasteiger partial charge >= 0.3 is 0 Å².